The van der Waals surface area contributed by atoms with Crippen LogP contribution in [0.3, 0.4) is 0 Å². The summed E-state index contributed by atoms with van der Waals surface area (Å²) in [4.78, 5) is 13.3. The highest BCUT2D eigenvalue weighted by molar-refractivity contribution is 5.83. The molecule has 0 bridgehead atoms. The van der Waals surface area contributed by atoms with Crippen LogP contribution in [0.2, 0.25) is 0 Å². The Bertz CT molecular complexity index is 673. The second-order valence-electron chi connectivity index (χ2n) is 13.0. The van der Waals surface area contributed by atoms with Gasteiger partial charge in [-0.1, -0.05) is 54.4 Å². The molecular weight excluding hydrogens is 384 g/mol. The molecule has 0 radical (unpaired) electrons. The molecule has 4 saturated carbocycles. The van der Waals surface area contributed by atoms with Gasteiger partial charge in [-0.05, 0) is 90.8 Å². The average Bonchev–Trinajstić information content (AvgIpc) is 3.08. The maximum absolute atomic E-state index is 13.3. The van der Waals surface area contributed by atoms with E-state index in [1.54, 1.807) is 0 Å². The van der Waals surface area contributed by atoms with Gasteiger partial charge in [-0.25, -0.2) is 0 Å². The molecule has 11 atom stereocenters. The van der Waals surface area contributed by atoms with Crippen molar-refractivity contribution >= 4 is 5.78 Å². The van der Waals surface area contributed by atoms with Gasteiger partial charge in [0.05, 0.1) is 12.2 Å². The summed E-state index contributed by atoms with van der Waals surface area (Å²) in [6, 6.07) is 0. The van der Waals surface area contributed by atoms with E-state index in [9.17, 15) is 15.0 Å². The van der Waals surface area contributed by atoms with Crippen molar-refractivity contribution in [2.24, 2.45) is 58.2 Å². The SMILES string of the molecule is CC(C)C(C)C(O)C(O)[C@@H](C)C1CCC2C3CC(=O)[C@H]4CCCCC4(C)C3CCC21C. The number of hydrogen-bond donors (Lipinski definition) is 2. The molecule has 31 heavy (non-hydrogen) atoms. The van der Waals surface area contributed by atoms with Crippen LogP contribution in [0.5, 0.6) is 0 Å². The first-order valence-electron chi connectivity index (χ1n) is 13.4. The topological polar surface area (TPSA) is 57.5 Å². The minimum absolute atomic E-state index is 0.0948. The van der Waals surface area contributed by atoms with Crippen molar-refractivity contribution in [2.75, 3.05) is 0 Å². The van der Waals surface area contributed by atoms with Crippen LogP contribution in [-0.2, 0) is 4.79 Å². The average molecular weight is 433 g/mol. The van der Waals surface area contributed by atoms with Crippen molar-refractivity contribution in [3.63, 3.8) is 0 Å². The Morgan fingerprint density at radius 3 is 2.19 bits per heavy atom. The lowest BCUT2D eigenvalue weighted by molar-refractivity contribution is -0.156. The maximum atomic E-state index is 13.3. The quantitative estimate of drug-likeness (QED) is 0.572. The number of aliphatic hydroxyl groups excluding tert-OH is 2. The molecule has 0 aromatic heterocycles. The summed E-state index contributed by atoms with van der Waals surface area (Å²) in [6.07, 6.45) is 9.20. The number of ketones is 1. The first-order valence-corrected chi connectivity index (χ1v) is 13.4. The van der Waals surface area contributed by atoms with Crippen molar-refractivity contribution in [1.82, 2.24) is 0 Å². The molecule has 0 aromatic carbocycles. The molecule has 4 fully saturated rings. The van der Waals surface area contributed by atoms with Gasteiger partial charge in [0.1, 0.15) is 5.78 Å². The van der Waals surface area contributed by atoms with E-state index < -0.39 is 12.2 Å². The smallest absolute Gasteiger partial charge is 0.136 e. The van der Waals surface area contributed by atoms with Crippen molar-refractivity contribution in [1.29, 1.82) is 0 Å². The first-order chi connectivity index (χ1) is 14.5. The van der Waals surface area contributed by atoms with Gasteiger partial charge in [0.15, 0.2) is 0 Å². The number of carbonyl (C=O) groups excluding carboxylic acids is 1. The van der Waals surface area contributed by atoms with E-state index in [2.05, 4.69) is 41.5 Å². The number of hydrogen-bond acceptors (Lipinski definition) is 3. The fourth-order valence-electron chi connectivity index (χ4n) is 9.26. The molecule has 3 heteroatoms. The molecule has 4 aliphatic rings. The van der Waals surface area contributed by atoms with E-state index in [0.29, 0.717) is 41.3 Å². The molecule has 0 aliphatic heterocycles. The molecule has 2 N–H and O–H groups in total. The third-order valence-corrected chi connectivity index (χ3v) is 11.6. The Morgan fingerprint density at radius 2 is 1.52 bits per heavy atom. The highest BCUT2D eigenvalue weighted by Crippen LogP contribution is 2.67. The molecule has 4 aliphatic carbocycles. The van der Waals surface area contributed by atoms with Crippen molar-refractivity contribution in [3.8, 4) is 0 Å². The Balaban J connectivity index is 1.54. The van der Waals surface area contributed by atoms with Gasteiger partial charge in [0.2, 0.25) is 0 Å². The Hall–Kier alpha value is -0.410. The van der Waals surface area contributed by atoms with Crippen molar-refractivity contribution in [2.45, 2.75) is 112 Å². The molecule has 9 unspecified atom stereocenters. The number of aliphatic hydroxyl groups is 2. The molecule has 0 heterocycles. The van der Waals surface area contributed by atoms with Gasteiger partial charge in [-0.2, -0.15) is 0 Å². The molecule has 0 saturated heterocycles. The lowest BCUT2D eigenvalue weighted by Crippen LogP contribution is -2.56. The van der Waals surface area contributed by atoms with Crippen LogP contribution in [0.15, 0.2) is 0 Å². The predicted molar refractivity (Wildman–Crippen MR) is 125 cm³/mol. The zero-order valence-electron chi connectivity index (χ0n) is 20.9. The van der Waals surface area contributed by atoms with Gasteiger partial charge >= 0.3 is 0 Å². The van der Waals surface area contributed by atoms with Crippen LogP contribution >= 0.6 is 0 Å². The Kier molecular flexibility index (Phi) is 6.45. The van der Waals surface area contributed by atoms with Crippen LogP contribution in [-0.4, -0.2) is 28.2 Å². The highest BCUT2D eigenvalue weighted by atomic mass is 16.3. The summed E-state index contributed by atoms with van der Waals surface area (Å²) < 4.78 is 0. The van der Waals surface area contributed by atoms with Crippen LogP contribution in [0.4, 0.5) is 0 Å². The highest BCUT2D eigenvalue weighted by Gasteiger charge is 2.62. The van der Waals surface area contributed by atoms with Crippen LogP contribution in [0.1, 0.15) is 99.3 Å². The van der Waals surface area contributed by atoms with Crippen LogP contribution in [0.25, 0.3) is 0 Å². The van der Waals surface area contributed by atoms with Crippen LogP contribution in [0, 0.1) is 58.2 Å². The second kappa shape index (κ2) is 8.42. The molecule has 0 amide bonds. The third-order valence-electron chi connectivity index (χ3n) is 11.6. The number of rotatable bonds is 5. The summed E-state index contributed by atoms with van der Waals surface area (Å²) >= 11 is 0. The first kappa shape index (κ1) is 23.7. The zero-order valence-corrected chi connectivity index (χ0v) is 20.9. The van der Waals surface area contributed by atoms with E-state index in [4.69, 9.17) is 0 Å². The summed E-state index contributed by atoms with van der Waals surface area (Å²) in [5.74, 6) is 3.72. The van der Waals surface area contributed by atoms with E-state index in [0.717, 1.165) is 19.3 Å². The molecule has 3 nitrogen and oxygen atoms in total. The van der Waals surface area contributed by atoms with Crippen molar-refractivity contribution in [3.05, 3.63) is 0 Å². The number of Topliss-reactive ketones (excluding diaryl/α,β-unsaturated/α-hetero) is 1. The van der Waals surface area contributed by atoms with E-state index >= 15 is 0 Å². The molecular formula is C28H48O3. The molecule has 178 valence electrons. The summed E-state index contributed by atoms with van der Waals surface area (Å²) in [5.41, 5.74) is 0.423. The standard InChI is InChI=1S/C28H48O3/c1-16(2)17(3)25(30)26(31)18(4)20-10-11-21-19-15-24(29)23-9-7-8-13-27(23,5)22(19)12-14-28(20,21)6/h16-23,25-26,30-31H,7-15H2,1-6H3/t17?,18-,19?,20?,21?,22?,23+,25?,26?,27?,28?/m0/s1. The number of fused-ring (bicyclic) bond motifs is 5. The lowest BCUT2D eigenvalue weighted by Gasteiger charge is -2.60. The Morgan fingerprint density at radius 1 is 0.839 bits per heavy atom. The normalized spacial score (nSPS) is 46.6. The summed E-state index contributed by atoms with van der Waals surface area (Å²) in [6.45, 7) is 13.4. The van der Waals surface area contributed by atoms with Gasteiger partial charge < -0.3 is 10.2 Å². The van der Waals surface area contributed by atoms with E-state index in [1.807, 2.05) is 0 Å². The fourth-order valence-corrected chi connectivity index (χ4v) is 9.26. The summed E-state index contributed by atoms with van der Waals surface area (Å²) in [7, 11) is 0. The third kappa shape index (κ3) is 3.65. The largest absolute Gasteiger partial charge is 0.390 e. The van der Waals surface area contributed by atoms with Crippen LogP contribution < -0.4 is 0 Å². The Labute approximate surface area is 190 Å². The molecule has 4 rings (SSSR count). The summed E-state index contributed by atoms with van der Waals surface area (Å²) in [5, 5.41) is 22.0. The molecule has 0 aromatic rings. The van der Waals surface area contributed by atoms with Gasteiger partial charge in [-0.3, -0.25) is 4.79 Å². The minimum Gasteiger partial charge on any atom is -0.390 e. The molecule has 0 spiro atoms. The monoisotopic (exact) mass is 432 g/mol. The zero-order chi connectivity index (χ0) is 22.7. The van der Waals surface area contributed by atoms with E-state index in [-0.39, 0.29) is 22.7 Å². The maximum Gasteiger partial charge on any atom is 0.136 e. The second-order valence-corrected chi connectivity index (χ2v) is 13.0. The van der Waals surface area contributed by atoms with Gasteiger partial charge in [-0.15, -0.1) is 0 Å². The van der Waals surface area contributed by atoms with Crippen molar-refractivity contribution < 1.29 is 15.0 Å². The van der Waals surface area contributed by atoms with Gasteiger partial charge in [0, 0.05) is 12.3 Å². The number of carbonyl (C=O) groups is 1. The van der Waals surface area contributed by atoms with Gasteiger partial charge in [0.25, 0.3) is 0 Å². The fraction of sp³-hybridized carbons (Fsp3) is 0.964. The minimum atomic E-state index is -0.663. The van der Waals surface area contributed by atoms with E-state index in [1.165, 1.54) is 38.5 Å². The predicted octanol–water partition coefficient (Wildman–Crippen LogP) is 5.86. The lowest BCUT2D eigenvalue weighted by atomic mass is 9.44.